The second-order valence-electron chi connectivity index (χ2n) is 12.8. The Bertz CT molecular complexity index is 1710. The molecule has 2 atom stereocenters. The lowest BCUT2D eigenvalue weighted by Crippen LogP contribution is -2.44. The zero-order chi connectivity index (χ0) is 44.0. The summed E-state index contributed by atoms with van der Waals surface area (Å²) in [6, 6.07) is 2.97. The normalized spacial score (nSPS) is 13.5. The van der Waals surface area contributed by atoms with Gasteiger partial charge in [-0.25, -0.2) is 14.4 Å². The van der Waals surface area contributed by atoms with Gasteiger partial charge in [0.25, 0.3) is 16.1 Å². The second-order valence-corrected chi connectivity index (χ2v) is 13.3. The molecule has 0 spiro atoms. The van der Waals surface area contributed by atoms with Gasteiger partial charge in [0.1, 0.15) is 43.0 Å². The largest absolute Gasteiger partial charge is 0.497 e. The predicted molar refractivity (Wildman–Crippen MR) is 199 cm³/mol. The number of morpholine rings is 1. The molecule has 26 heteroatoms. The van der Waals surface area contributed by atoms with Crippen LogP contribution < -0.4 is 24.4 Å². The van der Waals surface area contributed by atoms with Crippen LogP contribution in [-0.2, 0) is 49.6 Å². The molecule has 0 saturated carbocycles. The first-order valence-corrected chi connectivity index (χ1v) is 18.1. The molecule has 328 valence electrons. The van der Waals surface area contributed by atoms with E-state index in [1.54, 1.807) is 0 Å². The number of aromatic nitrogens is 2. The number of carbonyl (C=O) groups is 4. The molecule has 1 aromatic carbocycles. The van der Waals surface area contributed by atoms with Crippen LogP contribution in [0.15, 0.2) is 24.3 Å². The third kappa shape index (κ3) is 19.7. The van der Waals surface area contributed by atoms with Crippen molar-refractivity contribution in [2.75, 3.05) is 78.4 Å². The third-order valence-corrected chi connectivity index (χ3v) is 7.72. The standard InChI is InChI=1S/C29H42N6O15S.C4H4O4/c1-29(2,3)30-14-21(17-47-27-26(31-51-32-27)33-7-10-44-11-8-33)49-28(37)25-19(12-20(42-4)13-23(25)43-5)15-46-24(36)6-9-45-16-22(50-35(40)41)18-48-34(38)39;5-3(6)1-2-4(7)8/h12-13,21-22,30H,6-11,14-18H2,1-5H3;1-2H,(H,5,6)(H,7,8)/b;2-1-/t21-,22?;/m0./s1. The van der Waals surface area contributed by atoms with E-state index >= 15 is 0 Å². The Labute approximate surface area is 340 Å². The second kappa shape index (κ2) is 25.3. The number of nitrogens with one attached hydrogen (secondary N) is 1. The van der Waals surface area contributed by atoms with Crippen molar-refractivity contribution >= 4 is 41.4 Å². The molecule has 1 aliphatic heterocycles. The number of esters is 2. The van der Waals surface area contributed by atoms with Crippen LogP contribution in [0.1, 0.15) is 43.1 Å². The Morgan fingerprint density at radius 3 is 2.24 bits per heavy atom. The molecule has 1 aromatic heterocycles. The van der Waals surface area contributed by atoms with Gasteiger partial charge in [0.15, 0.2) is 6.10 Å². The van der Waals surface area contributed by atoms with E-state index in [1.165, 1.54) is 26.4 Å². The minimum absolute atomic E-state index is 0.0157. The van der Waals surface area contributed by atoms with Crippen LogP contribution in [0.3, 0.4) is 0 Å². The fraction of sp³-hybridized carbons (Fsp3) is 0.576. The van der Waals surface area contributed by atoms with Gasteiger partial charge in [-0.15, -0.1) is 24.6 Å². The Hall–Kier alpha value is -6.12. The number of ether oxygens (including phenoxy) is 7. The molecule has 0 aliphatic carbocycles. The van der Waals surface area contributed by atoms with Crippen LogP contribution in [0.5, 0.6) is 17.4 Å². The molecule has 1 unspecified atom stereocenters. The number of methoxy groups -OCH3 is 2. The number of carboxylic acid groups (broad SMARTS) is 2. The van der Waals surface area contributed by atoms with Gasteiger partial charge in [0.05, 0.1) is 58.8 Å². The summed E-state index contributed by atoms with van der Waals surface area (Å²) in [7, 11) is 2.77. The number of nitrogens with zero attached hydrogens (tertiary/aromatic N) is 5. The number of rotatable bonds is 24. The summed E-state index contributed by atoms with van der Waals surface area (Å²) in [6.45, 7) is 6.49. The Morgan fingerprint density at radius 1 is 0.983 bits per heavy atom. The van der Waals surface area contributed by atoms with Crippen LogP contribution in [0.4, 0.5) is 5.82 Å². The van der Waals surface area contributed by atoms with E-state index in [1.807, 2.05) is 25.7 Å². The molecule has 0 bridgehead atoms. The Balaban J connectivity index is 0.00000135. The molecule has 1 fully saturated rings. The highest BCUT2D eigenvalue weighted by Gasteiger charge is 2.28. The van der Waals surface area contributed by atoms with Crippen molar-refractivity contribution in [3.8, 4) is 17.4 Å². The van der Waals surface area contributed by atoms with E-state index < -0.39 is 66.1 Å². The van der Waals surface area contributed by atoms with E-state index in [0.717, 1.165) is 11.7 Å². The van der Waals surface area contributed by atoms with E-state index in [4.69, 9.17) is 43.4 Å². The van der Waals surface area contributed by atoms with Gasteiger partial charge in [-0.1, -0.05) is 0 Å². The minimum Gasteiger partial charge on any atom is -0.497 e. The molecule has 1 aliphatic rings. The van der Waals surface area contributed by atoms with Gasteiger partial charge in [-0.3, -0.25) is 4.79 Å². The summed E-state index contributed by atoms with van der Waals surface area (Å²) in [4.78, 5) is 76.9. The van der Waals surface area contributed by atoms with Gasteiger partial charge < -0.3 is 63.3 Å². The first-order chi connectivity index (χ1) is 27.9. The molecule has 25 nitrogen and oxygen atoms in total. The molecule has 0 amide bonds. The predicted octanol–water partition coefficient (Wildman–Crippen LogP) is 1.33. The highest BCUT2D eigenvalue weighted by Crippen LogP contribution is 2.31. The number of hydrogen-bond acceptors (Lipinski definition) is 22. The zero-order valence-electron chi connectivity index (χ0n) is 32.7. The lowest BCUT2D eigenvalue weighted by molar-refractivity contribution is -0.790. The smallest absolute Gasteiger partial charge is 0.342 e. The number of anilines is 1. The molecular formula is C33H46N6O19S. The maximum absolute atomic E-state index is 13.8. The first kappa shape index (κ1) is 49.0. The number of aliphatic carboxylic acids is 2. The average Bonchev–Trinajstić information content (AvgIpc) is 3.66. The van der Waals surface area contributed by atoms with Crippen molar-refractivity contribution in [3.63, 3.8) is 0 Å². The van der Waals surface area contributed by atoms with Crippen LogP contribution in [-0.4, -0.2) is 144 Å². The van der Waals surface area contributed by atoms with Crippen LogP contribution in [0.25, 0.3) is 0 Å². The van der Waals surface area contributed by atoms with Crippen LogP contribution in [0, 0.1) is 20.2 Å². The highest BCUT2D eigenvalue weighted by atomic mass is 32.1. The van der Waals surface area contributed by atoms with Gasteiger partial charge in [0.2, 0.25) is 5.82 Å². The summed E-state index contributed by atoms with van der Waals surface area (Å²) in [5.74, 6) is -2.75. The molecule has 2 heterocycles. The number of carbonyl (C=O) groups excluding carboxylic acids is 2. The number of carboxylic acids is 2. The highest BCUT2D eigenvalue weighted by molar-refractivity contribution is 6.99. The molecular weight excluding hydrogens is 816 g/mol. The van der Waals surface area contributed by atoms with Crippen molar-refractivity contribution < 1.29 is 82.4 Å². The fourth-order valence-corrected chi connectivity index (χ4v) is 5.08. The van der Waals surface area contributed by atoms with Gasteiger partial charge in [-0.2, -0.15) is 4.37 Å². The maximum atomic E-state index is 13.8. The first-order valence-electron chi connectivity index (χ1n) is 17.4. The van der Waals surface area contributed by atoms with Crippen molar-refractivity contribution in [2.24, 2.45) is 0 Å². The van der Waals surface area contributed by atoms with E-state index in [0.29, 0.717) is 55.9 Å². The van der Waals surface area contributed by atoms with Gasteiger partial charge in [-0.05, 0) is 26.8 Å². The lowest BCUT2D eigenvalue weighted by atomic mass is 10.1. The minimum atomic E-state index is -1.41. The SMILES string of the molecule is COc1cc(COC(=O)CCOCC(CO[N+](=O)[O-])O[N+](=O)[O-])c(C(=O)O[C@@H](CNC(C)(C)C)COc2nsnc2N2CCOCC2)c(OC)c1.O=C(O)/C=C\C(=O)O. The Morgan fingerprint density at radius 2 is 1.66 bits per heavy atom. The average molecular weight is 863 g/mol. The maximum Gasteiger partial charge on any atom is 0.342 e. The monoisotopic (exact) mass is 862 g/mol. The number of hydrogen-bond donors (Lipinski definition) is 3. The summed E-state index contributed by atoms with van der Waals surface area (Å²) in [5.41, 5.74) is -0.128. The van der Waals surface area contributed by atoms with Crippen LogP contribution >= 0.6 is 11.7 Å². The molecule has 2 aromatic rings. The zero-order valence-corrected chi connectivity index (χ0v) is 33.5. The van der Waals surface area contributed by atoms with Gasteiger partial charge in [0, 0.05) is 49.0 Å². The van der Waals surface area contributed by atoms with E-state index in [2.05, 4.69) is 23.7 Å². The molecule has 3 rings (SSSR count). The molecule has 59 heavy (non-hydrogen) atoms. The lowest BCUT2D eigenvalue weighted by Gasteiger charge is -2.28. The summed E-state index contributed by atoms with van der Waals surface area (Å²) in [5, 5.41) is 37.7. The molecule has 3 N–H and O–H groups in total. The van der Waals surface area contributed by atoms with Crippen molar-refractivity contribution in [2.45, 2.75) is 51.5 Å². The van der Waals surface area contributed by atoms with Gasteiger partial charge >= 0.3 is 23.9 Å². The molecule has 0 radical (unpaired) electrons. The third-order valence-electron chi connectivity index (χ3n) is 7.22. The quantitative estimate of drug-likeness (QED) is 0.0441. The topological polar surface area (TPSA) is 319 Å². The van der Waals surface area contributed by atoms with Crippen LogP contribution in [0.2, 0.25) is 0 Å². The van der Waals surface area contributed by atoms with E-state index in [9.17, 15) is 39.4 Å². The summed E-state index contributed by atoms with van der Waals surface area (Å²) >= 11 is 1.00. The Kier molecular flexibility index (Phi) is 21.0. The number of benzene rings is 1. The van der Waals surface area contributed by atoms with Crippen molar-refractivity contribution in [1.29, 1.82) is 0 Å². The molecule has 1 saturated heterocycles. The summed E-state index contributed by atoms with van der Waals surface area (Å²) in [6.07, 6.45) is -1.41. The fourth-order valence-electron chi connectivity index (χ4n) is 4.56. The van der Waals surface area contributed by atoms with Crippen molar-refractivity contribution in [1.82, 2.24) is 14.1 Å². The summed E-state index contributed by atoms with van der Waals surface area (Å²) < 4.78 is 47.4. The van der Waals surface area contributed by atoms with E-state index in [-0.39, 0.29) is 48.6 Å². The van der Waals surface area contributed by atoms with Crippen molar-refractivity contribution in [3.05, 3.63) is 55.6 Å².